The van der Waals surface area contributed by atoms with Gasteiger partial charge >= 0.3 is 0 Å². The number of carbonyl (C=O) groups excluding carboxylic acids is 1. The van der Waals surface area contributed by atoms with Crippen molar-refractivity contribution in [1.29, 1.82) is 0 Å². The van der Waals surface area contributed by atoms with Gasteiger partial charge in [-0.05, 0) is 61.4 Å². The fraction of sp³-hybridized carbons (Fsp3) is 0.174. The maximum atomic E-state index is 12.7. The molecule has 3 rings (SSSR count). The molecule has 156 valence electrons. The lowest BCUT2D eigenvalue weighted by atomic mass is 10.1. The van der Waals surface area contributed by atoms with Crippen molar-refractivity contribution in [2.24, 2.45) is 0 Å². The van der Waals surface area contributed by atoms with E-state index in [1.807, 2.05) is 31.2 Å². The van der Waals surface area contributed by atoms with E-state index in [1.54, 1.807) is 43.3 Å². The second-order valence-corrected chi connectivity index (χ2v) is 8.34. The molecule has 0 saturated heterocycles. The molecule has 0 spiro atoms. The van der Waals surface area contributed by atoms with Gasteiger partial charge in [0, 0.05) is 12.1 Å². The molecule has 0 unspecified atom stereocenters. The summed E-state index contributed by atoms with van der Waals surface area (Å²) >= 11 is 0. The summed E-state index contributed by atoms with van der Waals surface area (Å²) in [5.41, 5.74) is 2.27. The second kappa shape index (κ2) is 9.45. The standard InChI is InChI=1S/C23H24N2O4S/c1-3-29-19-14-12-18(13-15-19)16-24-23(26)21-10-7-11-22(17(21)2)25-30(27,28)20-8-5-4-6-9-20/h4-15,25H,3,16H2,1-2H3,(H,24,26). The summed E-state index contributed by atoms with van der Waals surface area (Å²) in [6.45, 7) is 4.59. The van der Waals surface area contributed by atoms with Gasteiger partial charge in [0.2, 0.25) is 0 Å². The van der Waals surface area contributed by atoms with Crippen LogP contribution < -0.4 is 14.8 Å². The van der Waals surface area contributed by atoms with Gasteiger partial charge in [-0.25, -0.2) is 8.42 Å². The van der Waals surface area contributed by atoms with Crippen LogP contribution in [-0.2, 0) is 16.6 Å². The number of ether oxygens (including phenoxy) is 1. The summed E-state index contributed by atoms with van der Waals surface area (Å²) in [6.07, 6.45) is 0. The SMILES string of the molecule is CCOc1ccc(CNC(=O)c2cccc(NS(=O)(=O)c3ccccc3)c2C)cc1. The minimum absolute atomic E-state index is 0.162. The van der Waals surface area contributed by atoms with Crippen molar-refractivity contribution in [3.05, 3.63) is 89.5 Å². The van der Waals surface area contributed by atoms with Crippen molar-refractivity contribution in [3.63, 3.8) is 0 Å². The van der Waals surface area contributed by atoms with E-state index in [9.17, 15) is 13.2 Å². The van der Waals surface area contributed by atoms with E-state index in [-0.39, 0.29) is 10.8 Å². The Morgan fingerprint density at radius 1 is 0.933 bits per heavy atom. The van der Waals surface area contributed by atoms with Gasteiger partial charge in [-0.2, -0.15) is 0 Å². The van der Waals surface area contributed by atoms with E-state index in [2.05, 4.69) is 10.0 Å². The maximum Gasteiger partial charge on any atom is 0.261 e. The summed E-state index contributed by atoms with van der Waals surface area (Å²) in [7, 11) is -3.74. The highest BCUT2D eigenvalue weighted by Gasteiger charge is 2.17. The van der Waals surface area contributed by atoms with Crippen LogP contribution in [0.3, 0.4) is 0 Å². The van der Waals surface area contributed by atoms with Gasteiger partial charge in [0.05, 0.1) is 17.2 Å². The van der Waals surface area contributed by atoms with E-state index in [0.717, 1.165) is 11.3 Å². The molecule has 3 aromatic carbocycles. The van der Waals surface area contributed by atoms with E-state index < -0.39 is 10.0 Å². The minimum Gasteiger partial charge on any atom is -0.494 e. The topological polar surface area (TPSA) is 84.5 Å². The zero-order valence-corrected chi connectivity index (χ0v) is 17.7. The quantitative estimate of drug-likeness (QED) is 0.570. The fourth-order valence-corrected chi connectivity index (χ4v) is 4.09. The number of rotatable bonds is 8. The first kappa shape index (κ1) is 21.4. The Labute approximate surface area is 177 Å². The van der Waals surface area contributed by atoms with Crippen molar-refractivity contribution < 1.29 is 17.9 Å². The molecule has 0 radical (unpaired) electrons. The first-order valence-electron chi connectivity index (χ1n) is 9.58. The van der Waals surface area contributed by atoms with Crippen LogP contribution in [0.2, 0.25) is 0 Å². The van der Waals surface area contributed by atoms with Crippen LogP contribution in [0, 0.1) is 6.92 Å². The lowest BCUT2D eigenvalue weighted by Gasteiger charge is -2.14. The number of benzene rings is 3. The van der Waals surface area contributed by atoms with Gasteiger partial charge in [-0.15, -0.1) is 0 Å². The van der Waals surface area contributed by atoms with Crippen molar-refractivity contribution in [3.8, 4) is 5.75 Å². The molecule has 0 bridgehead atoms. The number of amides is 1. The third-order valence-electron chi connectivity index (χ3n) is 4.56. The Morgan fingerprint density at radius 2 is 1.63 bits per heavy atom. The molecule has 2 N–H and O–H groups in total. The van der Waals surface area contributed by atoms with Gasteiger partial charge in [-0.3, -0.25) is 9.52 Å². The number of nitrogens with one attached hydrogen (secondary N) is 2. The van der Waals surface area contributed by atoms with Gasteiger partial charge in [0.1, 0.15) is 5.75 Å². The Bertz CT molecular complexity index is 1110. The van der Waals surface area contributed by atoms with E-state index in [4.69, 9.17) is 4.74 Å². The van der Waals surface area contributed by atoms with Gasteiger partial charge in [-0.1, -0.05) is 36.4 Å². The van der Waals surface area contributed by atoms with Gasteiger partial charge in [0.15, 0.2) is 0 Å². The first-order chi connectivity index (χ1) is 14.4. The number of hydrogen-bond donors (Lipinski definition) is 2. The number of carbonyl (C=O) groups is 1. The molecular formula is C23H24N2O4S. The van der Waals surface area contributed by atoms with E-state index in [0.29, 0.717) is 30.0 Å². The summed E-state index contributed by atoms with van der Waals surface area (Å²) in [6, 6.07) is 20.6. The molecule has 0 aliphatic carbocycles. The Balaban J connectivity index is 1.71. The Kier molecular flexibility index (Phi) is 6.74. The highest BCUT2D eigenvalue weighted by atomic mass is 32.2. The van der Waals surface area contributed by atoms with Crippen LogP contribution in [0.4, 0.5) is 5.69 Å². The van der Waals surface area contributed by atoms with Crippen LogP contribution in [0.15, 0.2) is 77.7 Å². The number of sulfonamides is 1. The van der Waals surface area contributed by atoms with Crippen molar-refractivity contribution in [2.75, 3.05) is 11.3 Å². The molecule has 30 heavy (non-hydrogen) atoms. The van der Waals surface area contributed by atoms with Crippen molar-refractivity contribution >= 4 is 21.6 Å². The smallest absolute Gasteiger partial charge is 0.261 e. The molecule has 0 fully saturated rings. The number of anilines is 1. The number of hydrogen-bond acceptors (Lipinski definition) is 4. The molecule has 0 saturated carbocycles. The third-order valence-corrected chi connectivity index (χ3v) is 5.95. The lowest BCUT2D eigenvalue weighted by Crippen LogP contribution is -2.24. The third kappa shape index (κ3) is 5.18. The van der Waals surface area contributed by atoms with Crippen LogP contribution in [0.25, 0.3) is 0 Å². The summed E-state index contributed by atoms with van der Waals surface area (Å²) in [5.74, 6) is 0.504. The molecular weight excluding hydrogens is 400 g/mol. The largest absolute Gasteiger partial charge is 0.494 e. The molecule has 1 amide bonds. The van der Waals surface area contributed by atoms with Crippen LogP contribution in [0.1, 0.15) is 28.4 Å². The summed E-state index contributed by atoms with van der Waals surface area (Å²) in [4.78, 5) is 12.8. The fourth-order valence-electron chi connectivity index (χ4n) is 2.94. The van der Waals surface area contributed by atoms with Crippen LogP contribution in [-0.4, -0.2) is 20.9 Å². The lowest BCUT2D eigenvalue weighted by molar-refractivity contribution is 0.0950. The van der Waals surface area contributed by atoms with E-state index >= 15 is 0 Å². The molecule has 0 aliphatic heterocycles. The molecule has 3 aromatic rings. The molecule has 0 heterocycles. The average molecular weight is 425 g/mol. The maximum absolute atomic E-state index is 12.7. The summed E-state index contributed by atoms with van der Waals surface area (Å²) in [5, 5.41) is 2.87. The predicted octanol–water partition coefficient (Wildman–Crippen LogP) is 4.12. The van der Waals surface area contributed by atoms with Crippen molar-refractivity contribution in [2.45, 2.75) is 25.3 Å². The highest BCUT2D eigenvalue weighted by molar-refractivity contribution is 7.92. The zero-order valence-electron chi connectivity index (χ0n) is 16.9. The highest BCUT2D eigenvalue weighted by Crippen LogP contribution is 2.23. The van der Waals surface area contributed by atoms with Gasteiger partial charge < -0.3 is 10.1 Å². The molecule has 7 heteroatoms. The molecule has 0 aromatic heterocycles. The predicted molar refractivity (Wildman–Crippen MR) is 117 cm³/mol. The molecule has 0 atom stereocenters. The van der Waals surface area contributed by atoms with Gasteiger partial charge in [0.25, 0.3) is 15.9 Å². The van der Waals surface area contributed by atoms with Crippen LogP contribution >= 0.6 is 0 Å². The minimum atomic E-state index is -3.74. The first-order valence-corrected chi connectivity index (χ1v) is 11.1. The average Bonchev–Trinajstić information content (AvgIpc) is 2.75. The second-order valence-electron chi connectivity index (χ2n) is 6.66. The molecule has 6 nitrogen and oxygen atoms in total. The normalized spacial score (nSPS) is 11.0. The Hall–Kier alpha value is -3.32. The zero-order chi connectivity index (χ0) is 21.6. The van der Waals surface area contributed by atoms with E-state index in [1.165, 1.54) is 12.1 Å². The van der Waals surface area contributed by atoms with Crippen LogP contribution in [0.5, 0.6) is 5.75 Å². The molecule has 0 aliphatic rings. The van der Waals surface area contributed by atoms with Crippen molar-refractivity contribution in [1.82, 2.24) is 5.32 Å². The monoisotopic (exact) mass is 424 g/mol. The Morgan fingerprint density at radius 3 is 2.30 bits per heavy atom. The summed E-state index contributed by atoms with van der Waals surface area (Å²) < 4.78 is 33.2.